The summed E-state index contributed by atoms with van der Waals surface area (Å²) < 4.78 is 27.4. The van der Waals surface area contributed by atoms with Gasteiger partial charge in [0.25, 0.3) is 0 Å². The molecule has 0 bridgehead atoms. The van der Waals surface area contributed by atoms with Crippen LogP contribution in [0.4, 0.5) is 14.6 Å². The van der Waals surface area contributed by atoms with Crippen LogP contribution in [0.3, 0.4) is 0 Å². The molecule has 1 aromatic heterocycles. The molecule has 0 spiro atoms. The minimum absolute atomic E-state index is 0.299. The Morgan fingerprint density at radius 1 is 1.14 bits per heavy atom. The van der Waals surface area contributed by atoms with Crippen molar-refractivity contribution in [3.05, 3.63) is 50.5 Å². The quantitative estimate of drug-likeness (QED) is 0.765. The maximum Gasteiger partial charge on any atom is 0.143 e. The predicted molar refractivity (Wildman–Crippen MR) is 87.4 cm³/mol. The minimum Gasteiger partial charge on any atom is -0.369 e. The number of aromatic nitrogens is 2. The van der Waals surface area contributed by atoms with Gasteiger partial charge in [-0.2, -0.15) is 0 Å². The molecule has 0 aliphatic heterocycles. The average Bonchev–Trinajstić information content (AvgIpc) is 2.40. The van der Waals surface area contributed by atoms with Gasteiger partial charge >= 0.3 is 0 Å². The Morgan fingerprint density at radius 3 is 2.43 bits per heavy atom. The molecular weight excluding hydrogens is 387 g/mol. The van der Waals surface area contributed by atoms with Crippen molar-refractivity contribution in [1.82, 2.24) is 9.97 Å². The Labute approximate surface area is 136 Å². The molecule has 0 radical (unpaired) electrons. The fraction of sp³-hybridized carbons (Fsp3) is 0.333. The van der Waals surface area contributed by atoms with Gasteiger partial charge in [0.1, 0.15) is 23.3 Å². The summed E-state index contributed by atoms with van der Waals surface area (Å²) in [4.78, 5) is 8.84. The van der Waals surface area contributed by atoms with Crippen molar-refractivity contribution in [2.45, 2.75) is 26.7 Å². The van der Waals surface area contributed by atoms with Gasteiger partial charge in [0.05, 0.1) is 9.26 Å². The molecule has 3 nitrogen and oxygen atoms in total. The number of benzene rings is 1. The first-order valence-corrected chi connectivity index (χ1v) is 7.79. The van der Waals surface area contributed by atoms with Crippen molar-refractivity contribution in [3.63, 3.8) is 0 Å². The van der Waals surface area contributed by atoms with E-state index in [1.165, 1.54) is 12.1 Å². The van der Waals surface area contributed by atoms with Crippen LogP contribution in [0.1, 0.15) is 30.4 Å². The fourth-order valence-corrected chi connectivity index (χ4v) is 2.38. The van der Waals surface area contributed by atoms with Crippen LogP contribution in [-0.2, 0) is 6.42 Å². The Balaban J connectivity index is 2.29. The van der Waals surface area contributed by atoms with E-state index >= 15 is 0 Å². The fourth-order valence-electron chi connectivity index (χ4n) is 1.95. The summed E-state index contributed by atoms with van der Waals surface area (Å²) in [6.45, 7) is 4.79. The maximum atomic E-state index is 13.2. The summed E-state index contributed by atoms with van der Waals surface area (Å²) in [5.74, 6) is 0.154. The smallest absolute Gasteiger partial charge is 0.143 e. The number of hydrogen-bond donors (Lipinski definition) is 1. The molecule has 0 saturated heterocycles. The van der Waals surface area contributed by atoms with E-state index in [1.807, 2.05) is 6.92 Å². The first-order chi connectivity index (χ1) is 9.99. The van der Waals surface area contributed by atoms with Crippen molar-refractivity contribution in [1.29, 1.82) is 0 Å². The van der Waals surface area contributed by atoms with Crippen LogP contribution in [0.25, 0.3) is 0 Å². The molecule has 2 rings (SSSR count). The van der Waals surface area contributed by atoms with Gasteiger partial charge in [-0.05, 0) is 53.6 Å². The van der Waals surface area contributed by atoms with Gasteiger partial charge in [-0.15, -0.1) is 0 Å². The van der Waals surface area contributed by atoms with Gasteiger partial charge in [-0.1, -0.05) is 6.92 Å². The zero-order valence-corrected chi connectivity index (χ0v) is 14.0. The Hall–Kier alpha value is -1.31. The van der Waals surface area contributed by atoms with Gasteiger partial charge in [0.15, 0.2) is 0 Å². The summed E-state index contributed by atoms with van der Waals surface area (Å²) in [5, 5.41) is 3.25. The lowest BCUT2D eigenvalue weighted by Crippen LogP contribution is -2.09. The normalized spacial score (nSPS) is 10.7. The monoisotopic (exact) mass is 403 g/mol. The summed E-state index contributed by atoms with van der Waals surface area (Å²) in [6.07, 6.45) is 1.29. The highest BCUT2D eigenvalue weighted by Crippen LogP contribution is 2.20. The maximum absolute atomic E-state index is 13.2. The largest absolute Gasteiger partial charge is 0.369 e. The lowest BCUT2D eigenvalue weighted by molar-refractivity contribution is 0.580. The molecule has 0 aliphatic carbocycles. The van der Waals surface area contributed by atoms with Crippen molar-refractivity contribution < 1.29 is 8.78 Å². The number of halogens is 3. The van der Waals surface area contributed by atoms with Gasteiger partial charge in [-0.3, -0.25) is 0 Å². The van der Waals surface area contributed by atoms with Crippen molar-refractivity contribution in [2.24, 2.45) is 0 Å². The zero-order valence-electron chi connectivity index (χ0n) is 11.9. The summed E-state index contributed by atoms with van der Waals surface area (Å²) in [5.41, 5.74) is 1.38. The summed E-state index contributed by atoms with van der Waals surface area (Å²) >= 11 is 2.20. The van der Waals surface area contributed by atoms with Crippen molar-refractivity contribution in [3.8, 4) is 0 Å². The van der Waals surface area contributed by atoms with Crippen LogP contribution >= 0.6 is 22.6 Å². The first kappa shape index (κ1) is 16.1. The van der Waals surface area contributed by atoms with E-state index in [1.54, 1.807) is 0 Å². The van der Waals surface area contributed by atoms with Crippen LogP contribution in [0.5, 0.6) is 0 Å². The highest BCUT2D eigenvalue weighted by Gasteiger charge is 2.10. The first-order valence-electron chi connectivity index (χ1n) is 6.71. The summed E-state index contributed by atoms with van der Waals surface area (Å²) in [6, 6.07) is 3.47. The standard InChI is InChI=1S/C15H16F2IN3/c1-3-4-19-15-14(18)9(2)20-13(21-15)7-10-5-11(16)8-12(17)6-10/h5-6,8H,3-4,7H2,1-2H3,(H,19,20,21). The molecule has 1 aromatic carbocycles. The zero-order chi connectivity index (χ0) is 15.4. The second-order valence-electron chi connectivity index (χ2n) is 4.77. The molecule has 0 atom stereocenters. The van der Waals surface area contributed by atoms with E-state index in [4.69, 9.17) is 0 Å². The third kappa shape index (κ3) is 4.33. The lowest BCUT2D eigenvalue weighted by atomic mass is 10.1. The predicted octanol–water partition coefficient (Wildman–Crippen LogP) is 4.08. The van der Waals surface area contributed by atoms with Gasteiger partial charge in [0, 0.05) is 19.0 Å². The van der Waals surface area contributed by atoms with Gasteiger partial charge in [0.2, 0.25) is 0 Å². The third-order valence-corrected chi connectivity index (χ3v) is 4.18. The lowest BCUT2D eigenvalue weighted by Gasteiger charge is -2.11. The molecule has 0 amide bonds. The van der Waals surface area contributed by atoms with E-state index in [9.17, 15) is 8.78 Å². The van der Waals surface area contributed by atoms with E-state index < -0.39 is 11.6 Å². The average molecular weight is 403 g/mol. The molecular formula is C15H16F2IN3. The molecule has 0 saturated carbocycles. The molecule has 0 aliphatic rings. The Kier molecular flexibility index (Phi) is 5.44. The second kappa shape index (κ2) is 7.11. The van der Waals surface area contributed by atoms with E-state index in [2.05, 4.69) is 44.8 Å². The number of nitrogens with one attached hydrogen (secondary N) is 1. The molecule has 112 valence electrons. The molecule has 0 unspecified atom stereocenters. The summed E-state index contributed by atoms with van der Waals surface area (Å²) in [7, 11) is 0. The van der Waals surface area contributed by atoms with E-state index in [0.29, 0.717) is 17.8 Å². The number of rotatable bonds is 5. The highest BCUT2D eigenvalue weighted by molar-refractivity contribution is 14.1. The van der Waals surface area contributed by atoms with Gasteiger partial charge in [-0.25, -0.2) is 18.7 Å². The molecule has 1 N–H and O–H groups in total. The van der Waals surface area contributed by atoms with Gasteiger partial charge < -0.3 is 5.32 Å². The topological polar surface area (TPSA) is 37.8 Å². The van der Waals surface area contributed by atoms with E-state index in [0.717, 1.165) is 34.1 Å². The number of aryl methyl sites for hydroxylation is 1. The van der Waals surface area contributed by atoms with Crippen LogP contribution in [0.15, 0.2) is 18.2 Å². The van der Waals surface area contributed by atoms with Crippen LogP contribution in [0, 0.1) is 22.1 Å². The van der Waals surface area contributed by atoms with Crippen LogP contribution < -0.4 is 5.32 Å². The molecule has 1 heterocycles. The second-order valence-corrected chi connectivity index (χ2v) is 5.85. The Bertz CT molecular complexity index is 627. The van der Waals surface area contributed by atoms with E-state index in [-0.39, 0.29) is 0 Å². The molecule has 0 fully saturated rings. The molecule has 21 heavy (non-hydrogen) atoms. The number of nitrogens with zero attached hydrogens (tertiary/aromatic N) is 2. The Morgan fingerprint density at radius 2 is 1.81 bits per heavy atom. The molecule has 6 heteroatoms. The number of hydrogen-bond acceptors (Lipinski definition) is 3. The van der Waals surface area contributed by atoms with Crippen molar-refractivity contribution >= 4 is 28.4 Å². The number of anilines is 1. The van der Waals surface area contributed by atoms with Crippen molar-refractivity contribution in [2.75, 3.05) is 11.9 Å². The molecule has 2 aromatic rings. The van der Waals surface area contributed by atoms with Crippen LogP contribution in [0.2, 0.25) is 0 Å². The minimum atomic E-state index is -0.587. The van der Waals surface area contributed by atoms with Crippen LogP contribution in [-0.4, -0.2) is 16.5 Å². The third-order valence-electron chi connectivity index (χ3n) is 2.89. The highest BCUT2D eigenvalue weighted by atomic mass is 127. The SMILES string of the molecule is CCCNc1nc(Cc2cc(F)cc(F)c2)nc(C)c1I.